The van der Waals surface area contributed by atoms with Crippen LogP contribution in [0.25, 0.3) is 22.8 Å². The van der Waals surface area contributed by atoms with Gasteiger partial charge < -0.3 is 4.74 Å². The van der Waals surface area contributed by atoms with Gasteiger partial charge in [-0.05, 0) is 31.0 Å². The van der Waals surface area contributed by atoms with Gasteiger partial charge in [0.2, 0.25) is 5.82 Å². The lowest BCUT2D eigenvalue weighted by Gasteiger charge is -2.09. The molecule has 2 aromatic heterocycles. The number of hydrogen-bond donors (Lipinski definition) is 1. The van der Waals surface area contributed by atoms with Crippen molar-refractivity contribution in [2.75, 3.05) is 0 Å². The Kier molecular flexibility index (Phi) is 3.53. The van der Waals surface area contributed by atoms with Gasteiger partial charge in [0, 0.05) is 5.56 Å². The van der Waals surface area contributed by atoms with Gasteiger partial charge in [-0.25, -0.2) is 19.2 Å². The molecule has 0 aliphatic heterocycles. The Hall–Kier alpha value is -2.74. The first-order chi connectivity index (χ1) is 11.6. The molecule has 0 bridgehead atoms. The minimum Gasteiger partial charge on any atom is -0.489 e. The van der Waals surface area contributed by atoms with E-state index in [-0.39, 0.29) is 23.3 Å². The molecule has 0 atom stereocenters. The van der Waals surface area contributed by atoms with Crippen molar-refractivity contribution >= 4 is 11.6 Å². The number of aromatic amines is 1. The standard InChI is InChI=1S/C15H10ClFN4O3/c16-9-5-7(1-4-10(9)23-8-2-3-8)12-11(17)13(19-6-18-12)14-20-15(22)24-21-14/h1,4-6,8H,2-3H2,(H,20,21,22). The Labute approximate surface area is 139 Å². The number of halogens is 2. The van der Waals surface area contributed by atoms with Crippen molar-refractivity contribution in [1.82, 2.24) is 20.1 Å². The smallest absolute Gasteiger partial charge is 0.439 e. The van der Waals surface area contributed by atoms with Crippen LogP contribution in [0.5, 0.6) is 5.75 Å². The summed E-state index contributed by atoms with van der Waals surface area (Å²) in [6.45, 7) is 0. The zero-order chi connectivity index (χ0) is 16.7. The monoisotopic (exact) mass is 348 g/mol. The van der Waals surface area contributed by atoms with Gasteiger partial charge in [-0.3, -0.25) is 9.51 Å². The maximum absolute atomic E-state index is 14.7. The van der Waals surface area contributed by atoms with Crippen LogP contribution in [0.2, 0.25) is 5.02 Å². The quantitative estimate of drug-likeness (QED) is 0.779. The van der Waals surface area contributed by atoms with Crippen LogP contribution >= 0.6 is 11.6 Å². The number of nitrogens with one attached hydrogen (secondary N) is 1. The van der Waals surface area contributed by atoms with E-state index in [0.717, 1.165) is 12.8 Å². The maximum atomic E-state index is 14.7. The van der Waals surface area contributed by atoms with E-state index in [1.54, 1.807) is 18.2 Å². The molecule has 122 valence electrons. The average molecular weight is 349 g/mol. The molecule has 2 heterocycles. The Morgan fingerprint density at radius 3 is 2.75 bits per heavy atom. The van der Waals surface area contributed by atoms with E-state index in [2.05, 4.69) is 24.6 Å². The molecular formula is C15H10ClFN4O3. The van der Waals surface area contributed by atoms with Crippen LogP contribution in [0.1, 0.15) is 12.8 Å². The molecule has 3 aromatic rings. The van der Waals surface area contributed by atoms with Crippen molar-refractivity contribution in [3.63, 3.8) is 0 Å². The van der Waals surface area contributed by atoms with Gasteiger partial charge in [0.25, 0.3) is 0 Å². The fourth-order valence-electron chi connectivity index (χ4n) is 2.18. The molecule has 7 nitrogen and oxygen atoms in total. The lowest BCUT2D eigenvalue weighted by atomic mass is 10.1. The van der Waals surface area contributed by atoms with Crippen molar-refractivity contribution < 1.29 is 13.7 Å². The van der Waals surface area contributed by atoms with Crippen molar-refractivity contribution in [2.45, 2.75) is 18.9 Å². The number of H-pyrrole nitrogens is 1. The first kappa shape index (κ1) is 14.8. The second-order valence-corrected chi connectivity index (χ2v) is 5.70. The fraction of sp³-hybridized carbons (Fsp3) is 0.200. The van der Waals surface area contributed by atoms with E-state index in [4.69, 9.17) is 16.3 Å². The van der Waals surface area contributed by atoms with Crippen LogP contribution in [0.4, 0.5) is 4.39 Å². The predicted molar refractivity (Wildman–Crippen MR) is 82.2 cm³/mol. The number of rotatable bonds is 4. The molecule has 0 unspecified atom stereocenters. The SMILES string of the molecule is O=c1[nH]c(-c2ncnc(-c3ccc(OC4CC4)c(Cl)c3)c2F)no1. The summed E-state index contributed by atoms with van der Waals surface area (Å²) >= 11 is 6.20. The number of aromatic nitrogens is 4. The summed E-state index contributed by atoms with van der Waals surface area (Å²) in [7, 11) is 0. The summed E-state index contributed by atoms with van der Waals surface area (Å²) in [5.41, 5.74) is 0.319. The molecule has 1 fully saturated rings. The molecule has 9 heteroatoms. The van der Waals surface area contributed by atoms with Gasteiger partial charge >= 0.3 is 5.76 Å². The molecule has 1 aliphatic carbocycles. The highest BCUT2D eigenvalue weighted by molar-refractivity contribution is 6.32. The minimum atomic E-state index is -0.797. The van der Waals surface area contributed by atoms with E-state index in [9.17, 15) is 9.18 Å². The summed E-state index contributed by atoms with van der Waals surface area (Å²) in [5.74, 6) is -1.09. The highest BCUT2D eigenvalue weighted by atomic mass is 35.5. The van der Waals surface area contributed by atoms with Gasteiger partial charge in [-0.1, -0.05) is 16.8 Å². The van der Waals surface area contributed by atoms with Crippen LogP contribution in [0, 0.1) is 5.82 Å². The molecule has 0 spiro atoms. The van der Waals surface area contributed by atoms with Crippen LogP contribution in [0.15, 0.2) is 33.8 Å². The van der Waals surface area contributed by atoms with Gasteiger partial charge in [0.1, 0.15) is 23.5 Å². The summed E-state index contributed by atoms with van der Waals surface area (Å²) in [6.07, 6.45) is 3.40. The van der Waals surface area contributed by atoms with E-state index >= 15 is 0 Å². The Bertz CT molecular complexity index is 967. The predicted octanol–water partition coefficient (Wildman–Crippen LogP) is 2.82. The molecule has 1 saturated carbocycles. The minimum absolute atomic E-state index is 0.0312. The molecule has 24 heavy (non-hydrogen) atoms. The van der Waals surface area contributed by atoms with Gasteiger partial charge in [-0.15, -0.1) is 0 Å². The number of nitrogens with zero attached hydrogens (tertiary/aromatic N) is 3. The van der Waals surface area contributed by atoms with Crippen molar-refractivity contribution in [3.05, 3.63) is 45.9 Å². The summed E-state index contributed by atoms with van der Waals surface area (Å²) in [6, 6.07) is 4.90. The lowest BCUT2D eigenvalue weighted by Crippen LogP contribution is -2.00. The average Bonchev–Trinajstić information content (AvgIpc) is 3.28. The van der Waals surface area contributed by atoms with Crippen molar-refractivity contribution in [2.24, 2.45) is 0 Å². The largest absolute Gasteiger partial charge is 0.489 e. The first-order valence-electron chi connectivity index (χ1n) is 7.15. The Morgan fingerprint density at radius 2 is 2.08 bits per heavy atom. The van der Waals surface area contributed by atoms with Gasteiger partial charge in [0.05, 0.1) is 11.1 Å². The summed E-state index contributed by atoms with van der Waals surface area (Å²) < 4.78 is 24.7. The van der Waals surface area contributed by atoms with Crippen molar-refractivity contribution in [1.29, 1.82) is 0 Å². The van der Waals surface area contributed by atoms with Crippen molar-refractivity contribution in [3.8, 4) is 28.5 Å². The second-order valence-electron chi connectivity index (χ2n) is 5.29. The van der Waals surface area contributed by atoms with Gasteiger partial charge in [-0.2, -0.15) is 0 Å². The zero-order valence-electron chi connectivity index (χ0n) is 12.1. The third-order valence-corrected chi connectivity index (χ3v) is 3.77. The van der Waals surface area contributed by atoms with Crippen LogP contribution in [-0.4, -0.2) is 26.2 Å². The molecule has 0 radical (unpaired) electrons. The topological polar surface area (TPSA) is 93.9 Å². The van der Waals surface area contributed by atoms with Crippen LogP contribution < -0.4 is 10.5 Å². The third-order valence-electron chi connectivity index (χ3n) is 3.48. The molecule has 0 amide bonds. The van der Waals surface area contributed by atoms with E-state index in [0.29, 0.717) is 16.3 Å². The normalized spacial score (nSPS) is 13.9. The van der Waals surface area contributed by atoms with Crippen LogP contribution in [-0.2, 0) is 0 Å². The molecule has 1 aliphatic rings. The molecule has 4 rings (SSSR count). The Morgan fingerprint density at radius 1 is 1.29 bits per heavy atom. The van der Waals surface area contributed by atoms with Gasteiger partial charge in [0.15, 0.2) is 5.82 Å². The molecular weight excluding hydrogens is 339 g/mol. The third kappa shape index (κ3) is 2.76. The first-order valence-corrected chi connectivity index (χ1v) is 7.53. The fourth-order valence-corrected chi connectivity index (χ4v) is 2.40. The van der Waals surface area contributed by atoms with E-state index < -0.39 is 11.6 Å². The number of ether oxygens (including phenoxy) is 1. The summed E-state index contributed by atoms with van der Waals surface area (Å²) in [4.78, 5) is 21.0. The zero-order valence-corrected chi connectivity index (χ0v) is 12.9. The van der Waals surface area contributed by atoms with E-state index in [1.807, 2.05) is 0 Å². The van der Waals surface area contributed by atoms with E-state index in [1.165, 1.54) is 6.33 Å². The van der Waals surface area contributed by atoms with Crippen LogP contribution in [0.3, 0.4) is 0 Å². The second kappa shape index (κ2) is 5.72. The summed E-state index contributed by atoms with van der Waals surface area (Å²) in [5, 5.41) is 3.80. The Balaban J connectivity index is 1.73. The lowest BCUT2D eigenvalue weighted by molar-refractivity contribution is 0.303. The maximum Gasteiger partial charge on any atom is 0.439 e. The highest BCUT2D eigenvalue weighted by Gasteiger charge is 2.25. The molecule has 0 saturated heterocycles. The molecule has 1 N–H and O–H groups in total. The number of benzene rings is 1. The molecule has 1 aromatic carbocycles. The highest BCUT2D eigenvalue weighted by Crippen LogP contribution is 2.35. The number of hydrogen-bond acceptors (Lipinski definition) is 6.